The maximum atomic E-state index is 12.5. The number of carbonyl (C=O) groups excluding carboxylic acids is 1. The van der Waals surface area contributed by atoms with Crippen molar-refractivity contribution >= 4 is 80.0 Å². The monoisotopic (exact) mass is 568 g/mol. The highest BCUT2D eigenvalue weighted by Gasteiger charge is 2.13. The number of amides is 1. The molecule has 3 aromatic rings. The van der Waals surface area contributed by atoms with Gasteiger partial charge in [-0.25, -0.2) is 0 Å². The van der Waals surface area contributed by atoms with E-state index in [-0.39, 0.29) is 17.2 Å². The van der Waals surface area contributed by atoms with Crippen LogP contribution in [0.4, 0.5) is 5.69 Å². The standard InChI is InChI=1S/C23H13BrCl4N2O2/c24-16-9-13(5-7-21(16)32-12-14-4-6-17(25)19(27)10-14)8-15(11-29)23(31)30-20-3-1-2-18(26)22(20)28/h1-10H,12H2,(H,30,31)/b15-8-. The number of hydrogen-bond donors (Lipinski definition) is 1. The number of halogens is 5. The minimum absolute atomic E-state index is 0.0996. The second-order valence-electron chi connectivity index (χ2n) is 6.45. The van der Waals surface area contributed by atoms with Crippen molar-refractivity contribution in [2.75, 3.05) is 5.32 Å². The fraction of sp³-hybridized carbons (Fsp3) is 0.0435. The smallest absolute Gasteiger partial charge is 0.266 e. The SMILES string of the molecule is N#C/C(=C/c1ccc(OCc2ccc(Cl)c(Cl)c2)c(Br)c1)C(=O)Nc1cccc(Cl)c1Cl. The van der Waals surface area contributed by atoms with E-state index in [1.807, 2.05) is 12.1 Å². The van der Waals surface area contributed by atoms with Gasteiger partial charge in [0.15, 0.2) is 0 Å². The van der Waals surface area contributed by atoms with Gasteiger partial charge in [-0.3, -0.25) is 4.79 Å². The lowest BCUT2D eigenvalue weighted by Gasteiger charge is -2.10. The number of anilines is 1. The van der Waals surface area contributed by atoms with Crippen molar-refractivity contribution in [2.24, 2.45) is 0 Å². The molecule has 0 aliphatic heterocycles. The molecule has 0 bridgehead atoms. The lowest BCUT2D eigenvalue weighted by Crippen LogP contribution is -2.13. The van der Waals surface area contributed by atoms with Crippen LogP contribution >= 0.6 is 62.3 Å². The topological polar surface area (TPSA) is 62.1 Å². The van der Waals surface area contributed by atoms with Gasteiger partial charge in [0.25, 0.3) is 5.91 Å². The van der Waals surface area contributed by atoms with Gasteiger partial charge in [0.2, 0.25) is 0 Å². The van der Waals surface area contributed by atoms with Crippen LogP contribution in [0.15, 0.2) is 64.6 Å². The van der Waals surface area contributed by atoms with Crippen molar-refractivity contribution in [2.45, 2.75) is 6.61 Å². The van der Waals surface area contributed by atoms with Crippen LogP contribution in [0.3, 0.4) is 0 Å². The predicted molar refractivity (Wildman–Crippen MR) is 134 cm³/mol. The first-order valence-electron chi connectivity index (χ1n) is 9.02. The van der Waals surface area contributed by atoms with Gasteiger partial charge in [0, 0.05) is 0 Å². The van der Waals surface area contributed by atoms with Crippen LogP contribution in [0.25, 0.3) is 6.08 Å². The number of rotatable bonds is 6. The van der Waals surface area contributed by atoms with Crippen molar-refractivity contribution in [3.05, 3.63) is 95.9 Å². The normalized spacial score (nSPS) is 11.1. The van der Waals surface area contributed by atoms with Crippen molar-refractivity contribution < 1.29 is 9.53 Å². The third-order valence-corrected chi connectivity index (χ3v) is 6.39. The molecule has 0 fully saturated rings. The van der Waals surface area contributed by atoms with Gasteiger partial charge in [-0.15, -0.1) is 0 Å². The van der Waals surface area contributed by atoms with E-state index in [9.17, 15) is 10.1 Å². The molecular weight excluding hydrogens is 558 g/mol. The van der Waals surface area contributed by atoms with Crippen molar-refractivity contribution in [3.8, 4) is 11.8 Å². The van der Waals surface area contributed by atoms with Gasteiger partial charge in [0.1, 0.15) is 24.0 Å². The van der Waals surface area contributed by atoms with E-state index in [1.165, 1.54) is 6.08 Å². The summed E-state index contributed by atoms with van der Waals surface area (Å²) in [6.45, 7) is 0.289. The Morgan fingerprint density at radius 1 is 1.03 bits per heavy atom. The van der Waals surface area contributed by atoms with Crippen LogP contribution < -0.4 is 10.1 Å². The maximum absolute atomic E-state index is 12.5. The Labute approximate surface area is 213 Å². The summed E-state index contributed by atoms with van der Waals surface area (Å²) >= 11 is 27.5. The number of hydrogen-bond acceptors (Lipinski definition) is 3. The van der Waals surface area contributed by atoms with Gasteiger partial charge in [0.05, 0.1) is 30.3 Å². The average Bonchev–Trinajstić information content (AvgIpc) is 2.76. The third-order valence-electron chi connectivity index (χ3n) is 4.21. The molecule has 9 heteroatoms. The van der Waals surface area contributed by atoms with E-state index >= 15 is 0 Å². The number of ether oxygens (including phenoxy) is 1. The first-order valence-corrected chi connectivity index (χ1v) is 11.3. The van der Waals surface area contributed by atoms with E-state index in [2.05, 4.69) is 21.2 Å². The zero-order valence-corrected chi connectivity index (χ0v) is 20.7. The first kappa shape index (κ1) is 24.4. The van der Waals surface area contributed by atoms with Crippen LogP contribution in [-0.2, 0) is 11.4 Å². The zero-order chi connectivity index (χ0) is 23.3. The summed E-state index contributed by atoms with van der Waals surface area (Å²) in [6, 6.07) is 17.2. The highest BCUT2D eigenvalue weighted by Crippen LogP contribution is 2.31. The second kappa shape index (κ2) is 11.1. The number of nitrogens with zero attached hydrogens (tertiary/aromatic N) is 1. The van der Waals surface area contributed by atoms with Crippen LogP contribution in [-0.4, -0.2) is 5.91 Å². The van der Waals surface area contributed by atoms with E-state index in [0.717, 1.165) is 5.56 Å². The van der Waals surface area contributed by atoms with Gasteiger partial charge < -0.3 is 10.1 Å². The summed E-state index contributed by atoms with van der Waals surface area (Å²) in [5, 5.41) is 13.5. The quantitative estimate of drug-likeness (QED) is 0.240. The maximum Gasteiger partial charge on any atom is 0.266 e. The molecule has 3 rings (SSSR count). The molecule has 0 aliphatic rings. The molecule has 3 aromatic carbocycles. The predicted octanol–water partition coefficient (Wildman–Crippen LogP) is 8.19. The van der Waals surface area contributed by atoms with Crippen molar-refractivity contribution in [1.82, 2.24) is 0 Å². The van der Waals surface area contributed by atoms with E-state index < -0.39 is 5.91 Å². The van der Waals surface area contributed by atoms with Crippen molar-refractivity contribution in [3.63, 3.8) is 0 Å². The Bertz CT molecular complexity index is 1260. The highest BCUT2D eigenvalue weighted by molar-refractivity contribution is 9.10. The average molecular weight is 571 g/mol. The Kier molecular flexibility index (Phi) is 8.47. The summed E-state index contributed by atoms with van der Waals surface area (Å²) in [5.41, 5.74) is 1.70. The summed E-state index contributed by atoms with van der Waals surface area (Å²) in [4.78, 5) is 12.5. The number of nitriles is 1. The summed E-state index contributed by atoms with van der Waals surface area (Å²) in [7, 11) is 0. The Morgan fingerprint density at radius 3 is 2.50 bits per heavy atom. The molecule has 0 spiro atoms. The lowest BCUT2D eigenvalue weighted by atomic mass is 10.1. The largest absolute Gasteiger partial charge is 0.488 e. The third kappa shape index (κ3) is 6.19. The molecule has 1 N–H and O–H groups in total. The van der Waals surface area contributed by atoms with Gasteiger partial charge >= 0.3 is 0 Å². The van der Waals surface area contributed by atoms with Crippen molar-refractivity contribution in [1.29, 1.82) is 5.26 Å². The molecule has 1 amide bonds. The second-order valence-corrected chi connectivity index (χ2v) is 8.91. The number of nitrogens with one attached hydrogen (secondary N) is 1. The van der Waals surface area contributed by atoms with Gasteiger partial charge in [-0.1, -0.05) is 64.6 Å². The molecule has 0 aliphatic carbocycles. The molecule has 0 radical (unpaired) electrons. The molecule has 32 heavy (non-hydrogen) atoms. The molecule has 0 aromatic heterocycles. The fourth-order valence-electron chi connectivity index (χ4n) is 2.62. The Balaban J connectivity index is 1.73. The van der Waals surface area contributed by atoms with Crippen LogP contribution in [0, 0.1) is 11.3 Å². The van der Waals surface area contributed by atoms with Crippen LogP contribution in [0.1, 0.15) is 11.1 Å². The van der Waals surface area contributed by atoms with Crippen LogP contribution in [0.5, 0.6) is 5.75 Å². The molecular formula is C23H13BrCl4N2O2. The Hall–Kier alpha value is -2.20. The van der Waals surface area contributed by atoms with E-state index in [1.54, 1.807) is 48.5 Å². The van der Waals surface area contributed by atoms with Gasteiger partial charge in [-0.2, -0.15) is 5.26 Å². The number of benzene rings is 3. The number of carbonyl (C=O) groups is 1. The van der Waals surface area contributed by atoms with Crippen LogP contribution in [0.2, 0.25) is 20.1 Å². The fourth-order valence-corrected chi connectivity index (χ4v) is 3.80. The molecule has 162 valence electrons. The minimum atomic E-state index is -0.604. The first-order chi connectivity index (χ1) is 15.3. The molecule has 0 heterocycles. The molecule has 0 atom stereocenters. The molecule has 0 saturated carbocycles. The minimum Gasteiger partial charge on any atom is -0.488 e. The molecule has 0 saturated heterocycles. The molecule has 4 nitrogen and oxygen atoms in total. The Morgan fingerprint density at radius 2 is 1.81 bits per heavy atom. The highest BCUT2D eigenvalue weighted by atomic mass is 79.9. The lowest BCUT2D eigenvalue weighted by molar-refractivity contribution is -0.112. The van der Waals surface area contributed by atoms with E-state index in [0.29, 0.717) is 36.5 Å². The summed E-state index contributed by atoms with van der Waals surface area (Å²) in [5.74, 6) is -0.0189. The zero-order valence-electron chi connectivity index (χ0n) is 16.1. The summed E-state index contributed by atoms with van der Waals surface area (Å²) < 4.78 is 6.47. The van der Waals surface area contributed by atoms with E-state index in [4.69, 9.17) is 51.1 Å². The van der Waals surface area contributed by atoms with Gasteiger partial charge in [-0.05, 0) is 69.5 Å². The molecule has 0 unspecified atom stereocenters. The summed E-state index contributed by atoms with van der Waals surface area (Å²) in [6.07, 6.45) is 1.46.